The maximum absolute atomic E-state index is 15.4. The Morgan fingerprint density at radius 2 is 1.90 bits per heavy atom. The summed E-state index contributed by atoms with van der Waals surface area (Å²) >= 11 is 6.43. The second-order valence-electron chi connectivity index (χ2n) is 9.04. The number of aliphatic imine (C=N–C) groups is 1. The molecule has 0 fully saturated rings. The number of halogens is 2. The summed E-state index contributed by atoms with van der Waals surface area (Å²) in [4.78, 5) is 25.5. The molecule has 3 aromatic carbocycles. The van der Waals surface area contributed by atoms with E-state index in [2.05, 4.69) is 20.9 Å². The molecule has 0 unspecified atom stereocenters. The van der Waals surface area contributed by atoms with E-state index in [4.69, 9.17) is 27.3 Å². The minimum atomic E-state index is -0.500. The van der Waals surface area contributed by atoms with Gasteiger partial charge in [-0.25, -0.2) is 14.4 Å². The molecule has 8 nitrogen and oxygen atoms in total. The number of anilines is 3. The first kappa shape index (κ1) is 26.3. The maximum Gasteiger partial charge on any atom is 0.248 e. The van der Waals surface area contributed by atoms with Crippen LogP contribution in [0.4, 0.5) is 21.7 Å². The summed E-state index contributed by atoms with van der Waals surface area (Å²) in [5, 5.41) is 10.1. The van der Waals surface area contributed by atoms with E-state index in [9.17, 15) is 4.79 Å². The Bertz CT molecular complexity index is 1560. The van der Waals surface area contributed by atoms with Gasteiger partial charge in [0.2, 0.25) is 11.9 Å². The van der Waals surface area contributed by atoms with Crippen LogP contribution in [0.25, 0.3) is 11.3 Å². The fourth-order valence-corrected chi connectivity index (χ4v) is 4.62. The third-order valence-electron chi connectivity index (χ3n) is 6.36. The van der Waals surface area contributed by atoms with Gasteiger partial charge in [0.05, 0.1) is 23.5 Å². The average Bonchev–Trinajstić information content (AvgIpc) is 3.08. The van der Waals surface area contributed by atoms with Crippen molar-refractivity contribution in [3.63, 3.8) is 0 Å². The number of rotatable bonds is 9. The van der Waals surface area contributed by atoms with Crippen molar-refractivity contribution in [1.82, 2.24) is 15.3 Å². The highest BCUT2D eigenvalue weighted by atomic mass is 35.5. The van der Waals surface area contributed by atoms with Crippen LogP contribution in [0.15, 0.2) is 71.9 Å². The molecule has 1 aromatic heterocycles. The van der Waals surface area contributed by atoms with Crippen molar-refractivity contribution in [2.45, 2.75) is 13.0 Å². The van der Waals surface area contributed by atoms with E-state index < -0.39 is 5.91 Å². The second kappa shape index (κ2) is 11.6. The normalized spacial score (nSPS) is 12.1. The molecule has 0 bridgehead atoms. The van der Waals surface area contributed by atoms with Crippen molar-refractivity contribution in [3.05, 3.63) is 100.0 Å². The predicted octanol–water partition coefficient (Wildman–Crippen LogP) is 5.15. The highest BCUT2D eigenvalue weighted by Gasteiger charge is 2.25. The number of benzene rings is 3. The van der Waals surface area contributed by atoms with Crippen LogP contribution in [0.3, 0.4) is 0 Å². The largest absolute Gasteiger partial charge is 0.384 e. The van der Waals surface area contributed by atoms with Crippen LogP contribution in [0.2, 0.25) is 5.02 Å². The van der Waals surface area contributed by atoms with Gasteiger partial charge < -0.3 is 21.7 Å². The Balaban J connectivity index is 1.54. The highest BCUT2D eigenvalue weighted by molar-refractivity contribution is 6.32. The lowest BCUT2D eigenvalue weighted by Crippen LogP contribution is -2.16. The number of fused-ring (bicyclic) bond motifs is 3. The molecule has 1 aliphatic heterocycles. The van der Waals surface area contributed by atoms with Crippen LogP contribution in [0.5, 0.6) is 0 Å². The zero-order valence-corrected chi connectivity index (χ0v) is 22.0. The number of nitrogens with one attached hydrogen (secondary N) is 3. The second-order valence-corrected chi connectivity index (χ2v) is 9.47. The lowest BCUT2D eigenvalue weighted by molar-refractivity contribution is 0.100. The first-order valence-electron chi connectivity index (χ1n) is 12.5. The summed E-state index contributed by atoms with van der Waals surface area (Å²) in [6.45, 7) is 1.78. The number of primary amides is 1. The maximum atomic E-state index is 15.4. The van der Waals surface area contributed by atoms with Gasteiger partial charge in [0, 0.05) is 51.4 Å². The van der Waals surface area contributed by atoms with Crippen LogP contribution in [-0.4, -0.2) is 41.7 Å². The first-order valence-corrected chi connectivity index (χ1v) is 12.9. The van der Waals surface area contributed by atoms with Gasteiger partial charge in [-0.3, -0.25) is 9.79 Å². The summed E-state index contributed by atoms with van der Waals surface area (Å²) in [6, 6.07) is 17.1. The summed E-state index contributed by atoms with van der Waals surface area (Å²) in [7, 11) is 1.90. The first-order chi connectivity index (χ1) is 18.9. The van der Waals surface area contributed by atoms with E-state index in [-0.39, 0.29) is 12.4 Å². The Kier molecular flexibility index (Phi) is 7.81. The topological polar surface area (TPSA) is 117 Å². The van der Waals surface area contributed by atoms with Crippen LogP contribution in [0.1, 0.15) is 33.5 Å². The van der Waals surface area contributed by atoms with E-state index in [0.717, 1.165) is 24.1 Å². The van der Waals surface area contributed by atoms with Crippen LogP contribution >= 0.6 is 11.6 Å². The van der Waals surface area contributed by atoms with Gasteiger partial charge in [-0.05, 0) is 68.5 Å². The summed E-state index contributed by atoms with van der Waals surface area (Å²) in [5.41, 5.74) is 10.9. The predicted molar refractivity (Wildman–Crippen MR) is 153 cm³/mol. The van der Waals surface area contributed by atoms with Gasteiger partial charge in [-0.15, -0.1) is 0 Å². The molecule has 2 heterocycles. The van der Waals surface area contributed by atoms with Crippen molar-refractivity contribution in [1.29, 1.82) is 0 Å². The van der Waals surface area contributed by atoms with Crippen molar-refractivity contribution in [2.24, 2.45) is 10.7 Å². The molecular formula is C29H27ClFN7O. The quantitative estimate of drug-likeness (QED) is 0.217. The Morgan fingerprint density at radius 3 is 2.67 bits per heavy atom. The SMILES string of the molecule is CNCCCNc1cccc(F)c1C1=NCc2cnc(Nc3ccc(C(N)=O)cc3)nc2-c2ccc(Cl)cc21. The molecule has 10 heteroatoms. The summed E-state index contributed by atoms with van der Waals surface area (Å²) in [5.74, 6) is -0.514. The van der Waals surface area contributed by atoms with Crippen molar-refractivity contribution >= 4 is 40.5 Å². The van der Waals surface area contributed by atoms with Crippen LogP contribution in [0, 0.1) is 5.82 Å². The molecule has 5 N–H and O–H groups in total. The minimum Gasteiger partial charge on any atom is -0.384 e. The van der Waals surface area contributed by atoms with Gasteiger partial charge in [-0.2, -0.15) is 0 Å². The molecule has 198 valence electrons. The highest BCUT2D eigenvalue weighted by Crippen LogP contribution is 2.35. The molecule has 1 amide bonds. The monoisotopic (exact) mass is 543 g/mol. The lowest BCUT2D eigenvalue weighted by atomic mass is 9.94. The molecule has 5 rings (SSSR count). The number of amides is 1. The fraction of sp³-hybridized carbons (Fsp3) is 0.172. The lowest BCUT2D eigenvalue weighted by Gasteiger charge is -2.17. The van der Waals surface area contributed by atoms with E-state index in [1.807, 2.05) is 19.2 Å². The Labute approximate surface area is 230 Å². The van der Waals surface area contributed by atoms with Gasteiger partial charge in [-0.1, -0.05) is 23.7 Å². The van der Waals surface area contributed by atoms with E-state index in [1.165, 1.54) is 6.07 Å². The number of nitrogens with two attached hydrogens (primary N) is 1. The molecule has 0 aliphatic carbocycles. The number of hydrogen-bond acceptors (Lipinski definition) is 7. The Hall–Kier alpha value is -4.34. The molecule has 1 aliphatic rings. The minimum absolute atomic E-state index is 0.262. The molecular weight excluding hydrogens is 517 g/mol. The zero-order valence-electron chi connectivity index (χ0n) is 21.3. The third kappa shape index (κ3) is 5.74. The molecule has 0 radical (unpaired) electrons. The summed E-state index contributed by atoms with van der Waals surface area (Å²) in [6.07, 6.45) is 2.59. The van der Waals surface area contributed by atoms with Crippen molar-refractivity contribution < 1.29 is 9.18 Å². The van der Waals surface area contributed by atoms with Crippen molar-refractivity contribution in [2.75, 3.05) is 30.8 Å². The smallest absolute Gasteiger partial charge is 0.248 e. The zero-order chi connectivity index (χ0) is 27.4. The average molecular weight is 544 g/mol. The third-order valence-corrected chi connectivity index (χ3v) is 6.59. The molecule has 39 heavy (non-hydrogen) atoms. The molecule has 4 aromatic rings. The Morgan fingerprint density at radius 1 is 1.08 bits per heavy atom. The van der Waals surface area contributed by atoms with Gasteiger partial charge in [0.1, 0.15) is 5.82 Å². The van der Waals surface area contributed by atoms with Crippen LogP contribution < -0.4 is 21.7 Å². The summed E-state index contributed by atoms with van der Waals surface area (Å²) < 4.78 is 15.4. The van der Waals surface area contributed by atoms with E-state index in [1.54, 1.807) is 48.7 Å². The molecule has 0 saturated carbocycles. The van der Waals surface area contributed by atoms with Gasteiger partial charge >= 0.3 is 0 Å². The fourth-order valence-electron chi connectivity index (χ4n) is 4.45. The molecule has 0 spiro atoms. The van der Waals surface area contributed by atoms with Gasteiger partial charge in [0.25, 0.3) is 0 Å². The van der Waals surface area contributed by atoms with Gasteiger partial charge in [0.15, 0.2) is 0 Å². The number of hydrogen-bond donors (Lipinski definition) is 4. The standard InChI is InChI=1S/C29H27ClFN7O/c1-33-12-3-13-34-24-5-2-4-23(31)25(24)27-22-14-19(30)8-11-21(22)26-18(15-35-27)16-36-29(38-26)37-20-9-6-17(7-10-20)28(32)39/h2,4-11,14,16,33-34H,3,12-13,15H2,1H3,(H2,32,39)(H,36,37,38). The van der Waals surface area contributed by atoms with E-state index >= 15 is 4.39 Å². The van der Waals surface area contributed by atoms with E-state index in [0.29, 0.717) is 57.0 Å². The van der Waals surface area contributed by atoms with Crippen molar-refractivity contribution in [3.8, 4) is 11.3 Å². The number of carbonyl (C=O) groups excluding carboxylic acids is 1. The number of aromatic nitrogens is 2. The molecule has 0 atom stereocenters. The number of nitrogens with zero attached hydrogens (tertiary/aromatic N) is 3. The number of carbonyl (C=O) groups is 1. The van der Waals surface area contributed by atoms with Crippen LogP contribution in [-0.2, 0) is 6.54 Å². The molecule has 0 saturated heterocycles.